The first-order valence-electron chi connectivity index (χ1n) is 6.25. The number of carbonyl (C=O) groups is 1. The average molecular weight is 218 g/mol. The SMILES string of the molecule is CC(C)C(=O)OC1CC2CC1C1C=CC=C21. The van der Waals surface area contributed by atoms with Crippen LogP contribution in [0.1, 0.15) is 26.7 Å². The van der Waals surface area contributed by atoms with Crippen LogP contribution in [-0.2, 0) is 9.53 Å². The van der Waals surface area contributed by atoms with E-state index in [9.17, 15) is 4.79 Å². The van der Waals surface area contributed by atoms with Gasteiger partial charge in [0, 0.05) is 11.8 Å². The van der Waals surface area contributed by atoms with E-state index in [2.05, 4.69) is 18.2 Å². The van der Waals surface area contributed by atoms with E-state index >= 15 is 0 Å². The predicted octanol–water partition coefficient (Wildman–Crippen LogP) is 2.71. The Kier molecular flexibility index (Phi) is 2.20. The van der Waals surface area contributed by atoms with Crippen LogP contribution >= 0.6 is 0 Å². The molecule has 0 N–H and O–H groups in total. The van der Waals surface area contributed by atoms with Gasteiger partial charge in [-0.3, -0.25) is 4.79 Å². The third-order valence-corrected chi connectivity index (χ3v) is 4.21. The van der Waals surface area contributed by atoms with Crippen molar-refractivity contribution in [1.29, 1.82) is 0 Å². The fourth-order valence-electron chi connectivity index (χ4n) is 3.41. The van der Waals surface area contributed by atoms with Gasteiger partial charge in [0.05, 0.1) is 5.92 Å². The normalized spacial score (nSPS) is 39.1. The Labute approximate surface area is 96.4 Å². The van der Waals surface area contributed by atoms with Crippen molar-refractivity contribution >= 4 is 5.97 Å². The van der Waals surface area contributed by atoms with Crippen LogP contribution in [-0.4, -0.2) is 12.1 Å². The third-order valence-electron chi connectivity index (χ3n) is 4.21. The summed E-state index contributed by atoms with van der Waals surface area (Å²) in [4.78, 5) is 11.6. The van der Waals surface area contributed by atoms with Crippen molar-refractivity contribution in [3.05, 3.63) is 23.8 Å². The van der Waals surface area contributed by atoms with Gasteiger partial charge in [0.2, 0.25) is 0 Å². The molecule has 3 aliphatic carbocycles. The lowest BCUT2D eigenvalue weighted by molar-refractivity contribution is -0.155. The Bertz CT molecular complexity index is 378. The molecule has 2 heteroatoms. The van der Waals surface area contributed by atoms with Gasteiger partial charge >= 0.3 is 5.97 Å². The van der Waals surface area contributed by atoms with Crippen LogP contribution < -0.4 is 0 Å². The number of esters is 1. The Morgan fingerprint density at radius 2 is 2.25 bits per heavy atom. The van der Waals surface area contributed by atoms with Gasteiger partial charge in [0.15, 0.2) is 0 Å². The fraction of sp³-hybridized carbons (Fsp3) is 0.643. The first kappa shape index (κ1) is 10.1. The molecule has 2 fully saturated rings. The van der Waals surface area contributed by atoms with Crippen LogP contribution in [0.4, 0.5) is 0 Å². The van der Waals surface area contributed by atoms with Crippen LogP contribution in [0.2, 0.25) is 0 Å². The number of ether oxygens (including phenoxy) is 1. The van der Waals surface area contributed by atoms with E-state index in [1.54, 1.807) is 5.57 Å². The number of rotatable bonds is 2. The number of carbonyl (C=O) groups excluding carboxylic acids is 1. The summed E-state index contributed by atoms with van der Waals surface area (Å²) in [6.07, 6.45) is 9.13. The predicted molar refractivity (Wildman–Crippen MR) is 61.6 cm³/mol. The molecule has 0 aromatic carbocycles. The van der Waals surface area contributed by atoms with E-state index in [-0.39, 0.29) is 18.0 Å². The molecule has 16 heavy (non-hydrogen) atoms. The highest BCUT2D eigenvalue weighted by atomic mass is 16.5. The van der Waals surface area contributed by atoms with Crippen molar-refractivity contribution in [3.8, 4) is 0 Å². The van der Waals surface area contributed by atoms with Gasteiger partial charge in [-0.2, -0.15) is 0 Å². The highest BCUT2D eigenvalue weighted by Gasteiger charge is 2.50. The van der Waals surface area contributed by atoms with Crippen LogP contribution in [0.5, 0.6) is 0 Å². The van der Waals surface area contributed by atoms with Crippen LogP contribution in [0.15, 0.2) is 23.8 Å². The highest BCUT2D eigenvalue weighted by molar-refractivity contribution is 5.71. The fourth-order valence-corrected chi connectivity index (χ4v) is 3.41. The smallest absolute Gasteiger partial charge is 0.308 e. The summed E-state index contributed by atoms with van der Waals surface area (Å²) in [5, 5.41) is 0. The summed E-state index contributed by atoms with van der Waals surface area (Å²) in [6, 6.07) is 0. The molecule has 0 aromatic rings. The summed E-state index contributed by atoms with van der Waals surface area (Å²) >= 11 is 0. The van der Waals surface area contributed by atoms with E-state index in [0.717, 1.165) is 6.42 Å². The maximum absolute atomic E-state index is 11.6. The van der Waals surface area contributed by atoms with Gasteiger partial charge in [-0.15, -0.1) is 0 Å². The minimum Gasteiger partial charge on any atom is -0.462 e. The molecule has 2 bridgehead atoms. The van der Waals surface area contributed by atoms with Gasteiger partial charge in [-0.25, -0.2) is 0 Å². The lowest BCUT2D eigenvalue weighted by Gasteiger charge is -2.28. The van der Waals surface area contributed by atoms with E-state index in [4.69, 9.17) is 4.74 Å². The second kappa shape index (κ2) is 3.47. The first-order valence-corrected chi connectivity index (χ1v) is 6.25. The summed E-state index contributed by atoms with van der Waals surface area (Å²) in [5.74, 6) is 1.76. The molecular weight excluding hydrogens is 200 g/mol. The van der Waals surface area contributed by atoms with Crippen molar-refractivity contribution in [2.45, 2.75) is 32.8 Å². The first-order chi connectivity index (χ1) is 7.66. The average Bonchev–Trinajstić information content (AvgIpc) is 2.87. The van der Waals surface area contributed by atoms with E-state index in [1.165, 1.54) is 6.42 Å². The Hall–Kier alpha value is -1.05. The van der Waals surface area contributed by atoms with Crippen molar-refractivity contribution in [3.63, 3.8) is 0 Å². The van der Waals surface area contributed by atoms with E-state index < -0.39 is 0 Å². The zero-order valence-electron chi connectivity index (χ0n) is 9.85. The van der Waals surface area contributed by atoms with Crippen LogP contribution in [0.25, 0.3) is 0 Å². The zero-order chi connectivity index (χ0) is 11.3. The summed E-state index contributed by atoms with van der Waals surface area (Å²) in [7, 11) is 0. The van der Waals surface area contributed by atoms with Crippen molar-refractivity contribution < 1.29 is 9.53 Å². The van der Waals surface area contributed by atoms with Gasteiger partial charge in [-0.1, -0.05) is 37.6 Å². The summed E-state index contributed by atoms with van der Waals surface area (Å²) in [5.41, 5.74) is 1.59. The molecule has 0 aliphatic heterocycles. The Morgan fingerprint density at radius 1 is 1.44 bits per heavy atom. The lowest BCUT2D eigenvalue weighted by Crippen LogP contribution is -2.30. The number of fused-ring (bicyclic) bond motifs is 5. The molecule has 2 nitrogen and oxygen atoms in total. The van der Waals surface area contributed by atoms with E-state index in [1.807, 2.05) is 13.8 Å². The molecule has 0 amide bonds. The second-order valence-corrected chi connectivity index (χ2v) is 5.54. The van der Waals surface area contributed by atoms with Crippen molar-refractivity contribution in [2.24, 2.45) is 23.7 Å². The summed E-state index contributed by atoms with van der Waals surface area (Å²) in [6.45, 7) is 3.80. The molecule has 3 rings (SSSR count). The maximum atomic E-state index is 11.6. The molecule has 4 unspecified atom stereocenters. The van der Waals surface area contributed by atoms with Crippen LogP contribution in [0, 0.1) is 23.7 Å². The van der Waals surface area contributed by atoms with E-state index in [0.29, 0.717) is 17.8 Å². The standard InChI is InChI=1S/C14H18O2/c1-8(2)14(15)16-13-7-9-6-12(13)11-5-3-4-10(9)11/h3-5,8-9,11-13H,6-7H2,1-2H3. The molecule has 0 spiro atoms. The van der Waals surface area contributed by atoms with Crippen molar-refractivity contribution in [2.75, 3.05) is 0 Å². The molecule has 0 aromatic heterocycles. The minimum atomic E-state index is -0.0370. The largest absolute Gasteiger partial charge is 0.462 e. The molecule has 0 saturated heterocycles. The van der Waals surface area contributed by atoms with Gasteiger partial charge in [-0.05, 0) is 18.8 Å². The monoisotopic (exact) mass is 218 g/mol. The molecular formula is C14H18O2. The van der Waals surface area contributed by atoms with Gasteiger partial charge in [0.25, 0.3) is 0 Å². The molecule has 0 heterocycles. The van der Waals surface area contributed by atoms with Crippen molar-refractivity contribution in [1.82, 2.24) is 0 Å². The van der Waals surface area contributed by atoms with Gasteiger partial charge < -0.3 is 4.74 Å². The number of hydrogen-bond donors (Lipinski definition) is 0. The lowest BCUT2D eigenvalue weighted by atomic mass is 9.84. The second-order valence-electron chi connectivity index (χ2n) is 5.54. The maximum Gasteiger partial charge on any atom is 0.308 e. The number of hydrogen-bond acceptors (Lipinski definition) is 2. The Balaban J connectivity index is 1.71. The molecule has 3 aliphatic rings. The quantitative estimate of drug-likeness (QED) is 0.666. The zero-order valence-corrected chi connectivity index (χ0v) is 9.85. The molecule has 0 radical (unpaired) electrons. The highest BCUT2D eigenvalue weighted by Crippen LogP contribution is 2.55. The molecule has 86 valence electrons. The summed E-state index contributed by atoms with van der Waals surface area (Å²) < 4.78 is 5.61. The topological polar surface area (TPSA) is 26.3 Å². The minimum absolute atomic E-state index is 0.00624. The van der Waals surface area contributed by atoms with Gasteiger partial charge in [0.1, 0.15) is 6.10 Å². The molecule has 4 atom stereocenters. The third kappa shape index (κ3) is 1.35. The molecule has 2 saturated carbocycles. The van der Waals surface area contributed by atoms with Crippen LogP contribution in [0.3, 0.4) is 0 Å². The Morgan fingerprint density at radius 3 is 3.00 bits per heavy atom. The number of allylic oxidation sites excluding steroid dienone is 4.